The number of nitrogens with one attached hydrogen (secondary N) is 1. The Kier molecular flexibility index (Phi) is 8.14. The van der Waals surface area contributed by atoms with Gasteiger partial charge in [-0.1, -0.05) is 12.1 Å². The summed E-state index contributed by atoms with van der Waals surface area (Å²) in [6.07, 6.45) is -12.9. The lowest BCUT2D eigenvalue weighted by atomic mass is 9.94. The van der Waals surface area contributed by atoms with Crippen LogP contribution in [0.2, 0.25) is 0 Å². The first-order chi connectivity index (χ1) is 17.8. The summed E-state index contributed by atoms with van der Waals surface area (Å²) in [5.41, 5.74) is -6.53. The van der Waals surface area contributed by atoms with Gasteiger partial charge in [-0.2, -0.15) is 26.3 Å². The third-order valence-electron chi connectivity index (χ3n) is 5.33. The van der Waals surface area contributed by atoms with Crippen LogP contribution in [0.3, 0.4) is 0 Å². The molecule has 3 aromatic rings. The Morgan fingerprint density at radius 3 is 1.77 bits per heavy atom. The molecular formula is C23H10Br2F10N2O2. The normalized spacial score (nSPS) is 12.4. The lowest BCUT2D eigenvalue weighted by Crippen LogP contribution is -2.50. The van der Waals surface area contributed by atoms with E-state index in [-0.39, 0.29) is 12.1 Å². The van der Waals surface area contributed by atoms with Crippen molar-refractivity contribution in [2.75, 3.05) is 5.32 Å². The van der Waals surface area contributed by atoms with Crippen LogP contribution < -0.4 is 11.1 Å². The molecule has 0 fully saturated rings. The number of hydrogen-bond donors (Lipinski definition) is 2. The first-order valence-corrected chi connectivity index (χ1v) is 11.6. The smallest absolute Gasteiger partial charge is 0.366 e. The monoisotopic (exact) mass is 694 g/mol. The van der Waals surface area contributed by atoms with Crippen LogP contribution in [0.4, 0.5) is 49.6 Å². The van der Waals surface area contributed by atoms with Gasteiger partial charge in [0, 0.05) is 25.6 Å². The minimum absolute atomic E-state index is 0.0786. The molecule has 39 heavy (non-hydrogen) atoms. The number of hydrogen-bond acceptors (Lipinski definition) is 2. The van der Waals surface area contributed by atoms with Crippen molar-refractivity contribution in [2.45, 2.75) is 18.0 Å². The molecule has 3 aromatic carbocycles. The highest BCUT2D eigenvalue weighted by atomic mass is 79.9. The van der Waals surface area contributed by atoms with E-state index in [1.807, 2.05) is 5.32 Å². The molecular weight excluding hydrogens is 686 g/mol. The van der Waals surface area contributed by atoms with Crippen molar-refractivity contribution in [3.8, 4) is 11.1 Å². The predicted octanol–water partition coefficient (Wildman–Crippen LogP) is 7.94. The Morgan fingerprint density at radius 1 is 0.769 bits per heavy atom. The van der Waals surface area contributed by atoms with Crippen LogP contribution in [-0.4, -0.2) is 24.2 Å². The third-order valence-corrected chi connectivity index (χ3v) is 6.58. The number of halogens is 12. The van der Waals surface area contributed by atoms with Gasteiger partial charge in [-0.15, -0.1) is 0 Å². The second kappa shape index (κ2) is 10.4. The zero-order valence-corrected chi connectivity index (χ0v) is 21.6. The molecule has 2 amide bonds. The SMILES string of the molecule is NC(=O)c1cccc(-c2ccc(F)c(C(=O)Nc3c(Br)cc(C(F)(C(F)(F)F)C(F)(F)F)cc3Br)c2F)c1F. The van der Waals surface area contributed by atoms with Crippen LogP contribution in [0.25, 0.3) is 11.1 Å². The van der Waals surface area contributed by atoms with E-state index in [9.17, 15) is 49.1 Å². The van der Waals surface area contributed by atoms with E-state index in [1.165, 1.54) is 0 Å². The highest BCUT2D eigenvalue weighted by molar-refractivity contribution is 9.11. The van der Waals surface area contributed by atoms with E-state index in [0.29, 0.717) is 6.07 Å². The Balaban J connectivity index is 2.09. The Morgan fingerprint density at radius 2 is 1.28 bits per heavy atom. The van der Waals surface area contributed by atoms with E-state index in [4.69, 9.17) is 5.73 Å². The first-order valence-electron chi connectivity index (χ1n) is 10.0. The fraction of sp³-hybridized carbons (Fsp3) is 0.130. The van der Waals surface area contributed by atoms with Crippen molar-refractivity contribution in [3.63, 3.8) is 0 Å². The van der Waals surface area contributed by atoms with Gasteiger partial charge in [0.15, 0.2) is 0 Å². The van der Waals surface area contributed by atoms with Crippen LogP contribution in [0, 0.1) is 17.5 Å². The molecule has 0 spiro atoms. The summed E-state index contributed by atoms with van der Waals surface area (Å²) in [6.45, 7) is 0. The van der Waals surface area contributed by atoms with Gasteiger partial charge >= 0.3 is 18.0 Å². The van der Waals surface area contributed by atoms with E-state index in [2.05, 4.69) is 31.9 Å². The van der Waals surface area contributed by atoms with E-state index in [0.717, 1.165) is 24.3 Å². The summed E-state index contributed by atoms with van der Waals surface area (Å²) >= 11 is 5.23. The van der Waals surface area contributed by atoms with Gasteiger partial charge < -0.3 is 11.1 Å². The summed E-state index contributed by atoms with van der Waals surface area (Å²) in [7, 11) is 0. The number of nitrogens with two attached hydrogens (primary N) is 1. The van der Waals surface area contributed by atoms with Gasteiger partial charge in [0.05, 0.1) is 11.3 Å². The van der Waals surface area contributed by atoms with E-state index in [1.54, 1.807) is 0 Å². The highest BCUT2D eigenvalue weighted by Gasteiger charge is 2.73. The van der Waals surface area contributed by atoms with E-state index < -0.39 is 89.7 Å². The van der Waals surface area contributed by atoms with Gasteiger partial charge in [0.2, 0.25) is 0 Å². The van der Waals surface area contributed by atoms with Gasteiger partial charge in [-0.05, 0) is 62.2 Å². The Hall–Kier alpha value is -3.14. The number of rotatable bonds is 5. The Bertz CT molecular complexity index is 1450. The molecule has 16 heteroatoms. The highest BCUT2D eigenvalue weighted by Crippen LogP contribution is 2.54. The maximum atomic E-state index is 15.3. The number of carbonyl (C=O) groups is 2. The molecule has 0 aliphatic carbocycles. The van der Waals surface area contributed by atoms with Gasteiger partial charge in [0.25, 0.3) is 11.8 Å². The van der Waals surface area contributed by atoms with Gasteiger partial charge in [-0.25, -0.2) is 17.6 Å². The van der Waals surface area contributed by atoms with Crippen molar-refractivity contribution in [2.24, 2.45) is 5.73 Å². The molecule has 0 saturated carbocycles. The number of benzene rings is 3. The molecule has 0 saturated heterocycles. The average molecular weight is 696 g/mol. The molecule has 0 aromatic heterocycles. The predicted molar refractivity (Wildman–Crippen MR) is 125 cm³/mol. The molecule has 0 unspecified atom stereocenters. The Labute approximate surface area is 228 Å². The van der Waals surface area contributed by atoms with E-state index >= 15 is 4.39 Å². The quantitative estimate of drug-likeness (QED) is 0.266. The fourth-order valence-electron chi connectivity index (χ4n) is 3.45. The van der Waals surface area contributed by atoms with Crippen LogP contribution in [-0.2, 0) is 5.67 Å². The zero-order valence-electron chi connectivity index (χ0n) is 18.5. The zero-order chi connectivity index (χ0) is 29.7. The molecule has 0 heterocycles. The van der Waals surface area contributed by atoms with Crippen molar-refractivity contribution < 1.29 is 53.5 Å². The molecule has 0 aliphatic rings. The number of primary amides is 1. The minimum atomic E-state index is -6.43. The van der Waals surface area contributed by atoms with Gasteiger partial charge in [-0.3, -0.25) is 9.59 Å². The van der Waals surface area contributed by atoms with Crippen LogP contribution in [0.1, 0.15) is 26.3 Å². The lowest BCUT2D eigenvalue weighted by Gasteiger charge is -2.31. The molecule has 0 atom stereocenters. The minimum Gasteiger partial charge on any atom is -0.366 e. The number of carbonyl (C=O) groups excluding carboxylic acids is 2. The molecule has 208 valence electrons. The third kappa shape index (κ3) is 5.35. The molecule has 3 rings (SSSR count). The fourth-order valence-corrected chi connectivity index (χ4v) is 4.84. The first kappa shape index (κ1) is 30.4. The van der Waals surface area contributed by atoms with Crippen molar-refractivity contribution in [1.29, 1.82) is 0 Å². The summed E-state index contributed by atoms with van der Waals surface area (Å²) < 4.78 is 136. The second-order valence-electron chi connectivity index (χ2n) is 7.74. The van der Waals surface area contributed by atoms with Crippen molar-refractivity contribution >= 4 is 49.4 Å². The van der Waals surface area contributed by atoms with Crippen LogP contribution in [0.5, 0.6) is 0 Å². The standard InChI is InChI=1S/C23H10Br2F10N2O2/c24-12-6-8(21(29,22(30,31)32)23(33,34)35)7-13(25)18(12)37-20(39)15-14(26)5-4-10(17(15)28)9-2-1-3-11(16(9)27)19(36)38/h1-7H,(H2,36,38)(H,37,39). The average Bonchev–Trinajstić information content (AvgIpc) is 2.79. The second-order valence-corrected chi connectivity index (χ2v) is 9.45. The maximum absolute atomic E-state index is 15.3. The number of anilines is 1. The molecule has 0 bridgehead atoms. The molecule has 4 nitrogen and oxygen atoms in total. The lowest BCUT2D eigenvalue weighted by molar-refractivity contribution is -0.348. The van der Waals surface area contributed by atoms with Crippen molar-refractivity contribution in [3.05, 3.63) is 85.6 Å². The maximum Gasteiger partial charge on any atom is 0.435 e. The summed E-state index contributed by atoms with van der Waals surface area (Å²) in [6, 6.07) is 4.59. The number of amides is 2. The summed E-state index contributed by atoms with van der Waals surface area (Å²) in [4.78, 5) is 24.2. The van der Waals surface area contributed by atoms with Crippen LogP contribution in [0.15, 0.2) is 51.4 Å². The summed E-state index contributed by atoms with van der Waals surface area (Å²) in [5.74, 6) is -7.21. The number of alkyl halides is 7. The van der Waals surface area contributed by atoms with Crippen molar-refractivity contribution in [1.82, 2.24) is 0 Å². The molecule has 0 aliphatic heterocycles. The van der Waals surface area contributed by atoms with Gasteiger partial charge in [0.1, 0.15) is 23.0 Å². The van der Waals surface area contributed by atoms with Crippen LogP contribution >= 0.6 is 31.9 Å². The molecule has 0 radical (unpaired) electrons. The summed E-state index contributed by atoms with van der Waals surface area (Å²) in [5, 5.41) is 1.89. The largest absolute Gasteiger partial charge is 0.435 e. The molecule has 3 N–H and O–H groups in total. The topological polar surface area (TPSA) is 72.2 Å².